The molecule has 1 atom stereocenters. The second-order valence-electron chi connectivity index (χ2n) is 12.3. The predicted octanol–water partition coefficient (Wildman–Crippen LogP) is 8.11. The number of benzene rings is 3. The minimum atomic E-state index is -0.314. The zero-order valence-corrected chi connectivity index (χ0v) is 25.7. The highest BCUT2D eigenvalue weighted by Gasteiger charge is 2.26. The molecule has 3 aromatic carbocycles. The van der Waals surface area contributed by atoms with Crippen LogP contribution in [-0.2, 0) is 29.0 Å². The second kappa shape index (κ2) is 13.4. The summed E-state index contributed by atoms with van der Waals surface area (Å²) < 4.78 is 14.0. The molecule has 3 aliphatic rings. The van der Waals surface area contributed by atoms with Crippen LogP contribution >= 0.6 is 11.6 Å². The number of carbonyl (C=O) groups is 2. The lowest BCUT2D eigenvalue weighted by Gasteiger charge is -2.28. The van der Waals surface area contributed by atoms with Crippen LogP contribution in [-0.4, -0.2) is 29.3 Å². The Bertz CT molecular complexity index is 1630. The van der Waals surface area contributed by atoms with E-state index in [1.165, 1.54) is 28.8 Å². The number of nitrogens with one attached hydrogen (secondary N) is 1. The molecule has 6 heteroatoms. The number of amides is 2. The zero-order valence-electron chi connectivity index (χ0n) is 25.0. The SMILES string of the molecule is C=C1C=C(C(=O)N[C@@H](C=C2CCC(c3ccccc3CN3CCCC3=O)CC2)Cc2ccc(Cl)cc2)Cc2cc(F)ccc21. The Hall–Kier alpha value is -3.96. The van der Waals surface area contributed by atoms with Gasteiger partial charge in [-0.1, -0.05) is 72.3 Å². The van der Waals surface area contributed by atoms with Crippen molar-refractivity contribution in [1.82, 2.24) is 10.2 Å². The van der Waals surface area contributed by atoms with E-state index in [2.05, 4.69) is 42.2 Å². The first kappa shape index (κ1) is 30.1. The smallest absolute Gasteiger partial charge is 0.248 e. The molecule has 3 aromatic rings. The summed E-state index contributed by atoms with van der Waals surface area (Å²) in [6.45, 7) is 5.66. The Morgan fingerprint density at radius 1 is 1.07 bits per heavy atom. The molecule has 0 unspecified atom stereocenters. The maximum Gasteiger partial charge on any atom is 0.248 e. The Morgan fingerprint density at radius 3 is 2.59 bits per heavy atom. The molecule has 4 nitrogen and oxygen atoms in total. The third-order valence-corrected chi connectivity index (χ3v) is 9.46. The molecule has 6 rings (SSSR count). The molecule has 226 valence electrons. The van der Waals surface area contributed by atoms with Crippen molar-refractivity contribution in [2.75, 3.05) is 6.54 Å². The van der Waals surface area contributed by atoms with Crippen LogP contribution in [0.4, 0.5) is 4.39 Å². The van der Waals surface area contributed by atoms with Crippen molar-refractivity contribution in [1.29, 1.82) is 0 Å². The molecular formula is C38H38ClFN2O2. The average molecular weight is 609 g/mol. The van der Waals surface area contributed by atoms with Crippen molar-refractivity contribution in [3.63, 3.8) is 0 Å². The molecule has 1 saturated carbocycles. The van der Waals surface area contributed by atoms with E-state index in [1.54, 1.807) is 6.07 Å². The first-order valence-corrected chi connectivity index (χ1v) is 16.0. The van der Waals surface area contributed by atoms with Gasteiger partial charge in [-0.25, -0.2) is 4.39 Å². The molecule has 1 saturated heterocycles. The number of likely N-dealkylation sites (tertiary alicyclic amines) is 1. The lowest BCUT2D eigenvalue weighted by molar-refractivity contribution is -0.128. The molecule has 0 radical (unpaired) electrons. The van der Waals surface area contributed by atoms with Crippen LogP contribution in [0.1, 0.15) is 72.3 Å². The van der Waals surface area contributed by atoms with E-state index in [1.807, 2.05) is 35.2 Å². The molecule has 1 aliphatic heterocycles. The fourth-order valence-corrected chi connectivity index (χ4v) is 7.03. The van der Waals surface area contributed by atoms with Crippen LogP contribution in [0.2, 0.25) is 5.02 Å². The number of nitrogens with zero attached hydrogens (tertiary/aromatic N) is 1. The molecule has 0 aromatic heterocycles. The molecule has 2 aliphatic carbocycles. The zero-order chi connectivity index (χ0) is 30.6. The van der Waals surface area contributed by atoms with Crippen molar-refractivity contribution in [3.05, 3.63) is 135 Å². The second-order valence-corrected chi connectivity index (χ2v) is 12.7. The van der Waals surface area contributed by atoms with E-state index in [-0.39, 0.29) is 23.7 Å². The number of hydrogen-bond donors (Lipinski definition) is 1. The summed E-state index contributed by atoms with van der Waals surface area (Å²) in [6.07, 6.45) is 10.7. The Balaban J connectivity index is 1.16. The van der Waals surface area contributed by atoms with Crippen molar-refractivity contribution in [2.24, 2.45) is 0 Å². The van der Waals surface area contributed by atoms with Crippen LogP contribution < -0.4 is 5.32 Å². The Labute approximate surface area is 264 Å². The monoisotopic (exact) mass is 608 g/mol. The van der Waals surface area contributed by atoms with Crippen LogP contribution in [0.5, 0.6) is 0 Å². The van der Waals surface area contributed by atoms with Crippen LogP contribution in [0.15, 0.2) is 96.6 Å². The number of hydrogen-bond acceptors (Lipinski definition) is 2. The predicted molar refractivity (Wildman–Crippen MR) is 175 cm³/mol. The first-order valence-electron chi connectivity index (χ1n) is 15.6. The third-order valence-electron chi connectivity index (χ3n) is 9.21. The van der Waals surface area contributed by atoms with Crippen LogP contribution in [0.3, 0.4) is 0 Å². The number of halogens is 2. The van der Waals surface area contributed by atoms with E-state index in [0.29, 0.717) is 42.3 Å². The molecule has 2 fully saturated rings. The standard InChI is InChI=1S/C38H38ClFN2O2/c1-25-19-31(22-30-23-33(40)16-17-35(25)30)38(44)41-34(21-27-10-14-32(39)15-11-27)20-26-8-12-28(13-9-26)36-6-3-2-5-29(36)24-42-18-4-7-37(42)43/h2-3,5-6,10-11,14-17,19-20,23,28,34H,1,4,7-9,12-13,18,21-22,24H2,(H,41,44)/t28?,34-/m0/s1. The lowest BCUT2D eigenvalue weighted by Crippen LogP contribution is -2.37. The maximum atomic E-state index is 14.0. The van der Waals surface area contributed by atoms with Gasteiger partial charge in [-0.3, -0.25) is 9.59 Å². The van der Waals surface area contributed by atoms with Gasteiger partial charge in [0, 0.05) is 36.5 Å². The van der Waals surface area contributed by atoms with E-state index < -0.39 is 0 Å². The minimum Gasteiger partial charge on any atom is -0.346 e. The normalized spacial score (nSPS) is 19.0. The highest BCUT2D eigenvalue weighted by Crippen LogP contribution is 2.38. The van der Waals surface area contributed by atoms with Crippen molar-refractivity contribution in [3.8, 4) is 0 Å². The molecule has 2 amide bonds. The number of allylic oxidation sites excluding steroid dienone is 3. The van der Waals surface area contributed by atoms with E-state index >= 15 is 0 Å². The lowest BCUT2D eigenvalue weighted by atomic mass is 9.79. The first-order chi connectivity index (χ1) is 21.3. The van der Waals surface area contributed by atoms with Crippen LogP contribution in [0.25, 0.3) is 5.57 Å². The summed E-state index contributed by atoms with van der Waals surface area (Å²) >= 11 is 6.14. The number of carbonyl (C=O) groups excluding carboxylic acids is 2. The van der Waals surface area contributed by atoms with Gasteiger partial charge in [0.2, 0.25) is 11.8 Å². The highest BCUT2D eigenvalue weighted by molar-refractivity contribution is 6.30. The van der Waals surface area contributed by atoms with Gasteiger partial charge in [0.15, 0.2) is 0 Å². The third kappa shape index (κ3) is 7.05. The highest BCUT2D eigenvalue weighted by atomic mass is 35.5. The average Bonchev–Trinajstić information content (AvgIpc) is 3.42. The molecule has 1 N–H and O–H groups in total. The summed E-state index contributed by atoms with van der Waals surface area (Å²) in [5.41, 5.74) is 8.03. The van der Waals surface area contributed by atoms with Gasteiger partial charge in [-0.15, -0.1) is 0 Å². The topological polar surface area (TPSA) is 49.4 Å². The summed E-state index contributed by atoms with van der Waals surface area (Å²) in [7, 11) is 0. The molecule has 44 heavy (non-hydrogen) atoms. The summed E-state index contributed by atoms with van der Waals surface area (Å²) in [6, 6.07) is 20.8. The van der Waals surface area contributed by atoms with E-state index in [0.717, 1.165) is 60.9 Å². The number of fused-ring (bicyclic) bond motifs is 1. The van der Waals surface area contributed by atoms with E-state index in [9.17, 15) is 14.0 Å². The van der Waals surface area contributed by atoms with Gasteiger partial charge < -0.3 is 10.2 Å². The van der Waals surface area contributed by atoms with Gasteiger partial charge in [0.05, 0.1) is 6.04 Å². The molecule has 1 heterocycles. The number of rotatable bonds is 8. The van der Waals surface area contributed by atoms with E-state index in [4.69, 9.17) is 11.6 Å². The quantitative estimate of drug-likeness (QED) is 0.263. The van der Waals surface area contributed by atoms with Gasteiger partial charge in [0.1, 0.15) is 5.82 Å². The molecule has 0 spiro atoms. The Morgan fingerprint density at radius 2 is 1.84 bits per heavy atom. The van der Waals surface area contributed by atoms with Gasteiger partial charge in [-0.2, -0.15) is 0 Å². The summed E-state index contributed by atoms with van der Waals surface area (Å²) in [5.74, 6) is 0.235. The molecule has 0 bridgehead atoms. The Kier molecular flexibility index (Phi) is 9.13. The minimum absolute atomic E-state index is 0.157. The summed E-state index contributed by atoms with van der Waals surface area (Å²) in [4.78, 5) is 27.9. The van der Waals surface area contributed by atoms with Crippen molar-refractivity contribution < 1.29 is 14.0 Å². The van der Waals surface area contributed by atoms with Gasteiger partial charge >= 0.3 is 0 Å². The van der Waals surface area contributed by atoms with Gasteiger partial charge in [-0.05, 0) is 108 Å². The summed E-state index contributed by atoms with van der Waals surface area (Å²) in [5, 5.41) is 3.95. The fourth-order valence-electron chi connectivity index (χ4n) is 6.90. The van der Waals surface area contributed by atoms with Crippen LogP contribution in [0, 0.1) is 5.82 Å². The molecular weight excluding hydrogens is 571 g/mol. The van der Waals surface area contributed by atoms with Crippen molar-refractivity contribution >= 4 is 29.0 Å². The maximum absolute atomic E-state index is 14.0. The van der Waals surface area contributed by atoms with Gasteiger partial charge in [0.25, 0.3) is 0 Å². The largest absolute Gasteiger partial charge is 0.346 e. The van der Waals surface area contributed by atoms with Crippen molar-refractivity contribution in [2.45, 2.75) is 69.9 Å². The fraction of sp³-hybridized carbons (Fsp3) is 0.316.